The van der Waals surface area contributed by atoms with Crippen molar-refractivity contribution in [3.63, 3.8) is 0 Å². The highest BCUT2D eigenvalue weighted by molar-refractivity contribution is 5.90. The van der Waals surface area contributed by atoms with Crippen LogP contribution >= 0.6 is 0 Å². The Balaban J connectivity index is 1.66. The Morgan fingerprint density at radius 2 is 2.05 bits per heavy atom. The number of fused-ring (bicyclic) bond motifs is 2. The number of amides is 2. The van der Waals surface area contributed by atoms with Gasteiger partial charge in [0.1, 0.15) is 5.82 Å². The van der Waals surface area contributed by atoms with Crippen molar-refractivity contribution in [1.29, 1.82) is 0 Å². The lowest BCUT2D eigenvalue weighted by atomic mass is 9.84. The lowest BCUT2D eigenvalue weighted by molar-refractivity contribution is -0.148. The molecule has 6 heteroatoms. The molecule has 0 aromatic heterocycles. The van der Waals surface area contributed by atoms with Crippen LogP contribution in [0.15, 0.2) is 24.3 Å². The van der Waals surface area contributed by atoms with Gasteiger partial charge in [0.25, 0.3) is 0 Å². The van der Waals surface area contributed by atoms with Crippen LogP contribution in [0.1, 0.15) is 19.3 Å². The molecular weight excluding hydrogens is 287 g/mol. The van der Waals surface area contributed by atoms with Gasteiger partial charge in [0.2, 0.25) is 0 Å². The Morgan fingerprint density at radius 1 is 1.27 bits per heavy atom. The largest absolute Gasteiger partial charge is 0.469 e. The van der Waals surface area contributed by atoms with Crippen molar-refractivity contribution in [1.82, 2.24) is 5.32 Å². The second-order valence-corrected chi connectivity index (χ2v) is 6.02. The van der Waals surface area contributed by atoms with Crippen LogP contribution in [0.3, 0.4) is 0 Å². The Kier molecular flexibility index (Phi) is 4.00. The first-order chi connectivity index (χ1) is 10.6. The first-order valence-corrected chi connectivity index (χ1v) is 7.49. The highest BCUT2D eigenvalue weighted by Gasteiger charge is 2.52. The molecule has 5 nitrogen and oxygen atoms in total. The maximum atomic E-state index is 13.1. The maximum absolute atomic E-state index is 13.1. The number of anilines is 1. The number of carbonyl (C=O) groups is 2. The molecule has 22 heavy (non-hydrogen) atoms. The number of nitrogens with one attached hydrogen (secondary N) is 2. The van der Waals surface area contributed by atoms with Crippen LogP contribution in [0.5, 0.6) is 0 Å². The summed E-state index contributed by atoms with van der Waals surface area (Å²) in [6.07, 6.45) is 2.97. The molecule has 0 heterocycles. The average Bonchev–Trinajstić information content (AvgIpc) is 3.07. The monoisotopic (exact) mass is 306 g/mol. The molecule has 0 spiro atoms. The molecule has 0 aliphatic heterocycles. The average molecular weight is 306 g/mol. The number of rotatable bonds is 3. The van der Waals surface area contributed by atoms with Crippen molar-refractivity contribution in [2.45, 2.75) is 25.3 Å². The number of carbonyl (C=O) groups excluding carboxylic acids is 2. The van der Waals surface area contributed by atoms with E-state index in [1.54, 1.807) is 6.07 Å². The van der Waals surface area contributed by atoms with E-state index in [0.717, 1.165) is 19.3 Å². The first kappa shape index (κ1) is 14.8. The lowest BCUT2D eigenvalue weighted by Gasteiger charge is -2.29. The van der Waals surface area contributed by atoms with Crippen molar-refractivity contribution in [3.8, 4) is 0 Å². The summed E-state index contributed by atoms with van der Waals surface area (Å²) in [7, 11) is 1.37. The van der Waals surface area contributed by atoms with Gasteiger partial charge in [0.15, 0.2) is 0 Å². The van der Waals surface area contributed by atoms with Crippen molar-refractivity contribution >= 4 is 17.7 Å². The third kappa shape index (κ3) is 2.77. The van der Waals surface area contributed by atoms with Crippen LogP contribution in [-0.4, -0.2) is 25.2 Å². The summed E-state index contributed by atoms with van der Waals surface area (Å²) in [6, 6.07) is 5.07. The zero-order chi connectivity index (χ0) is 15.7. The highest BCUT2D eigenvalue weighted by Crippen LogP contribution is 2.48. The third-order valence-corrected chi connectivity index (χ3v) is 4.77. The van der Waals surface area contributed by atoms with E-state index in [0.29, 0.717) is 11.6 Å². The Labute approximate surface area is 128 Å². The fourth-order valence-electron chi connectivity index (χ4n) is 3.86. The molecule has 0 radical (unpaired) electrons. The molecule has 2 aliphatic rings. The van der Waals surface area contributed by atoms with Gasteiger partial charge in [-0.05, 0) is 49.3 Å². The molecule has 2 bridgehead atoms. The number of esters is 1. The number of urea groups is 1. The van der Waals surface area contributed by atoms with Gasteiger partial charge in [-0.25, -0.2) is 9.18 Å². The Morgan fingerprint density at radius 3 is 2.77 bits per heavy atom. The van der Waals surface area contributed by atoms with Crippen LogP contribution in [0.25, 0.3) is 0 Å². The summed E-state index contributed by atoms with van der Waals surface area (Å²) in [6.45, 7) is 0. The smallest absolute Gasteiger partial charge is 0.319 e. The minimum Gasteiger partial charge on any atom is -0.469 e. The van der Waals surface area contributed by atoms with E-state index in [1.165, 1.54) is 25.3 Å². The minimum atomic E-state index is -0.419. The first-order valence-electron chi connectivity index (χ1n) is 7.49. The quantitative estimate of drug-likeness (QED) is 0.843. The predicted octanol–water partition coefficient (Wildman–Crippen LogP) is 2.53. The summed E-state index contributed by atoms with van der Waals surface area (Å²) in [5.74, 6) is -0.347. The van der Waals surface area contributed by atoms with Crippen molar-refractivity contribution < 1.29 is 18.7 Å². The second-order valence-electron chi connectivity index (χ2n) is 6.02. The van der Waals surface area contributed by atoms with E-state index < -0.39 is 11.8 Å². The van der Waals surface area contributed by atoms with E-state index in [-0.39, 0.29) is 23.8 Å². The van der Waals surface area contributed by atoms with Gasteiger partial charge in [-0.3, -0.25) is 4.79 Å². The van der Waals surface area contributed by atoms with Gasteiger partial charge in [0, 0.05) is 11.7 Å². The van der Waals surface area contributed by atoms with Crippen LogP contribution in [-0.2, 0) is 9.53 Å². The van der Waals surface area contributed by atoms with Gasteiger partial charge < -0.3 is 15.4 Å². The zero-order valence-electron chi connectivity index (χ0n) is 12.3. The molecule has 0 saturated heterocycles. The molecule has 2 saturated carbocycles. The standard InChI is InChI=1S/C16H19FN2O3/c1-22-15(20)13-9-5-6-10(7-9)14(13)19-16(21)18-12-4-2-3-11(17)8-12/h2-4,8-10,13-14H,5-7H2,1H3,(H2,18,19,21)/t9-,10-,13+,14-/m0/s1. The van der Waals surface area contributed by atoms with Gasteiger partial charge >= 0.3 is 12.0 Å². The Hall–Kier alpha value is -2.11. The number of benzene rings is 1. The zero-order valence-corrected chi connectivity index (χ0v) is 12.3. The molecule has 0 unspecified atom stereocenters. The van der Waals surface area contributed by atoms with E-state index in [2.05, 4.69) is 10.6 Å². The van der Waals surface area contributed by atoms with Gasteiger partial charge in [0.05, 0.1) is 13.0 Å². The second kappa shape index (κ2) is 5.94. The predicted molar refractivity (Wildman–Crippen MR) is 78.7 cm³/mol. The van der Waals surface area contributed by atoms with Crippen molar-refractivity contribution in [2.24, 2.45) is 17.8 Å². The van der Waals surface area contributed by atoms with E-state index in [9.17, 15) is 14.0 Å². The molecule has 2 aliphatic carbocycles. The molecule has 1 aromatic carbocycles. The van der Waals surface area contributed by atoms with Gasteiger partial charge in [-0.15, -0.1) is 0 Å². The molecule has 2 fully saturated rings. The SMILES string of the molecule is COC(=O)[C@@H]1[C@H]2CC[C@@H](C2)[C@@H]1NC(=O)Nc1cccc(F)c1. The molecule has 2 N–H and O–H groups in total. The van der Waals surface area contributed by atoms with Gasteiger partial charge in [-0.2, -0.15) is 0 Å². The lowest BCUT2D eigenvalue weighted by Crippen LogP contribution is -2.48. The van der Waals surface area contributed by atoms with E-state index in [1.807, 2.05) is 0 Å². The highest BCUT2D eigenvalue weighted by atomic mass is 19.1. The molecule has 1 aromatic rings. The summed E-state index contributed by atoms with van der Waals surface area (Å²) >= 11 is 0. The number of hydrogen-bond acceptors (Lipinski definition) is 3. The number of ether oxygens (including phenoxy) is 1. The summed E-state index contributed by atoms with van der Waals surface area (Å²) in [4.78, 5) is 24.1. The summed E-state index contributed by atoms with van der Waals surface area (Å²) in [5.41, 5.74) is 0.385. The van der Waals surface area contributed by atoms with Crippen LogP contribution in [0, 0.1) is 23.6 Å². The van der Waals surface area contributed by atoms with Crippen LogP contribution < -0.4 is 10.6 Å². The summed E-state index contributed by atoms with van der Waals surface area (Å²) < 4.78 is 18.0. The van der Waals surface area contributed by atoms with Crippen LogP contribution in [0.2, 0.25) is 0 Å². The number of methoxy groups -OCH3 is 1. The molecule has 2 amide bonds. The van der Waals surface area contributed by atoms with E-state index >= 15 is 0 Å². The van der Waals surface area contributed by atoms with E-state index in [4.69, 9.17) is 4.74 Å². The van der Waals surface area contributed by atoms with Gasteiger partial charge in [-0.1, -0.05) is 6.07 Å². The third-order valence-electron chi connectivity index (χ3n) is 4.77. The minimum absolute atomic E-state index is 0.209. The summed E-state index contributed by atoms with van der Waals surface area (Å²) in [5, 5.41) is 5.47. The maximum Gasteiger partial charge on any atom is 0.319 e. The molecule has 3 rings (SSSR count). The topological polar surface area (TPSA) is 67.4 Å². The number of halogens is 1. The fourth-order valence-corrected chi connectivity index (χ4v) is 3.86. The van der Waals surface area contributed by atoms with Crippen molar-refractivity contribution in [2.75, 3.05) is 12.4 Å². The van der Waals surface area contributed by atoms with Crippen LogP contribution in [0.4, 0.5) is 14.9 Å². The molecule has 118 valence electrons. The normalized spacial score (nSPS) is 29.2. The van der Waals surface area contributed by atoms with Crippen molar-refractivity contribution in [3.05, 3.63) is 30.1 Å². The Bertz CT molecular complexity index is 593. The molecule has 4 atom stereocenters. The fraction of sp³-hybridized carbons (Fsp3) is 0.500. The molecular formula is C16H19FN2O3. The number of hydrogen-bond donors (Lipinski definition) is 2.